The second-order valence-electron chi connectivity index (χ2n) is 7.56. The Labute approximate surface area is 156 Å². The quantitative estimate of drug-likeness (QED) is 0.848. The Balaban J connectivity index is 1.57. The molecule has 0 aromatic heterocycles. The molecule has 2 aliphatic rings. The summed E-state index contributed by atoms with van der Waals surface area (Å²) in [6.45, 7) is 5.37. The molecule has 2 amide bonds. The van der Waals surface area contributed by atoms with Gasteiger partial charge in [-0.05, 0) is 30.7 Å². The molecule has 0 spiro atoms. The lowest BCUT2D eigenvalue weighted by atomic mass is 9.95. The summed E-state index contributed by atoms with van der Waals surface area (Å²) in [6, 6.07) is 10.2. The molecule has 0 radical (unpaired) electrons. The molecular weight excluding hydrogens is 326 g/mol. The Morgan fingerprint density at radius 1 is 1.08 bits per heavy atom. The molecule has 1 saturated carbocycles. The molecule has 1 aliphatic heterocycles. The lowest BCUT2D eigenvalue weighted by molar-refractivity contribution is -0.133. The standard InChI is InChI=1S/C21H31N3O2/c1-17(25)23-13-15-24(16-14-23)20(19-9-5-6-10-19)21(26)22-12-11-18-7-3-2-4-8-18/h2-4,7-8,19-20H,5-6,9-16H2,1H3,(H,22,26)/t20-/m0/s1. The Kier molecular flexibility index (Phi) is 6.67. The van der Waals surface area contributed by atoms with E-state index in [1.165, 1.54) is 18.4 Å². The molecular formula is C21H31N3O2. The van der Waals surface area contributed by atoms with E-state index in [1.807, 2.05) is 23.1 Å². The van der Waals surface area contributed by atoms with Gasteiger partial charge >= 0.3 is 0 Å². The van der Waals surface area contributed by atoms with Crippen LogP contribution in [0.15, 0.2) is 30.3 Å². The summed E-state index contributed by atoms with van der Waals surface area (Å²) in [5, 5.41) is 3.18. The lowest BCUT2D eigenvalue weighted by Gasteiger charge is -2.40. The molecule has 0 bridgehead atoms. The number of carbonyl (C=O) groups is 2. The topological polar surface area (TPSA) is 52.7 Å². The van der Waals surface area contributed by atoms with Crippen LogP contribution in [-0.4, -0.2) is 60.4 Å². The number of hydrogen-bond acceptors (Lipinski definition) is 3. The molecule has 1 heterocycles. The van der Waals surface area contributed by atoms with Crippen molar-refractivity contribution >= 4 is 11.8 Å². The van der Waals surface area contributed by atoms with Crippen molar-refractivity contribution < 1.29 is 9.59 Å². The van der Waals surface area contributed by atoms with Crippen LogP contribution in [0, 0.1) is 5.92 Å². The minimum atomic E-state index is -0.0395. The van der Waals surface area contributed by atoms with E-state index in [1.54, 1.807) is 6.92 Å². The van der Waals surface area contributed by atoms with Gasteiger partial charge < -0.3 is 10.2 Å². The summed E-state index contributed by atoms with van der Waals surface area (Å²) in [4.78, 5) is 28.8. The number of amides is 2. The van der Waals surface area contributed by atoms with Crippen LogP contribution in [0.1, 0.15) is 38.2 Å². The highest BCUT2D eigenvalue weighted by atomic mass is 16.2. The highest BCUT2D eigenvalue weighted by molar-refractivity contribution is 5.82. The first-order chi connectivity index (χ1) is 12.6. The van der Waals surface area contributed by atoms with Crippen molar-refractivity contribution in [2.45, 2.75) is 45.1 Å². The number of hydrogen-bond donors (Lipinski definition) is 1. The Morgan fingerprint density at radius 2 is 1.73 bits per heavy atom. The third kappa shape index (κ3) is 4.85. The van der Waals surface area contributed by atoms with E-state index >= 15 is 0 Å². The van der Waals surface area contributed by atoms with Gasteiger partial charge in [0, 0.05) is 39.6 Å². The van der Waals surface area contributed by atoms with E-state index in [0.717, 1.165) is 45.4 Å². The van der Waals surface area contributed by atoms with Crippen LogP contribution in [0.5, 0.6) is 0 Å². The van der Waals surface area contributed by atoms with Gasteiger partial charge in [-0.3, -0.25) is 14.5 Å². The van der Waals surface area contributed by atoms with Crippen LogP contribution in [0.3, 0.4) is 0 Å². The molecule has 0 unspecified atom stereocenters. The van der Waals surface area contributed by atoms with Crippen LogP contribution in [0.4, 0.5) is 0 Å². The number of rotatable bonds is 6. The molecule has 1 N–H and O–H groups in total. The molecule has 3 rings (SSSR count). The Hall–Kier alpha value is -1.88. The number of nitrogens with zero attached hydrogens (tertiary/aromatic N) is 2. The van der Waals surface area contributed by atoms with Crippen molar-refractivity contribution in [2.24, 2.45) is 5.92 Å². The van der Waals surface area contributed by atoms with E-state index in [4.69, 9.17) is 0 Å². The first-order valence-electron chi connectivity index (χ1n) is 9.96. The number of nitrogens with one attached hydrogen (secondary N) is 1. The summed E-state index contributed by atoms with van der Waals surface area (Å²) in [7, 11) is 0. The van der Waals surface area contributed by atoms with Gasteiger partial charge in [-0.1, -0.05) is 43.2 Å². The normalized spacial score (nSPS) is 20.1. The van der Waals surface area contributed by atoms with Gasteiger partial charge in [0.1, 0.15) is 0 Å². The molecule has 26 heavy (non-hydrogen) atoms. The van der Waals surface area contributed by atoms with Crippen LogP contribution in [0.25, 0.3) is 0 Å². The highest BCUT2D eigenvalue weighted by Gasteiger charge is 2.36. The van der Waals surface area contributed by atoms with Crippen LogP contribution in [-0.2, 0) is 16.0 Å². The maximum atomic E-state index is 13.0. The fraction of sp³-hybridized carbons (Fsp3) is 0.619. The predicted octanol–water partition coefficient (Wildman–Crippen LogP) is 2.07. The largest absolute Gasteiger partial charge is 0.354 e. The van der Waals surface area contributed by atoms with Gasteiger partial charge in [0.2, 0.25) is 11.8 Å². The lowest BCUT2D eigenvalue weighted by Crippen LogP contribution is -2.57. The molecule has 142 valence electrons. The SMILES string of the molecule is CC(=O)N1CCN([C@H](C(=O)NCCc2ccccc2)C2CCCC2)CC1. The summed E-state index contributed by atoms with van der Waals surface area (Å²) in [5.74, 6) is 0.758. The number of carbonyl (C=O) groups excluding carboxylic acids is 2. The summed E-state index contributed by atoms with van der Waals surface area (Å²) < 4.78 is 0. The number of piperazine rings is 1. The first-order valence-corrected chi connectivity index (χ1v) is 9.96. The molecule has 5 heteroatoms. The molecule has 1 aliphatic carbocycles. The zero-order valence-corrected chi connectivity index (χ0v) is 15.8. The van der Waals surface area contributed by atoms with Crippen molar-refractivity contribution in [3.63, 3.8) is 0 Å². The molecule has 2 fully saturated rings. The Bertz CT molecular complexity index is 591. The third-order valence-electron chi connectivity index (χ3n) is 5.82. The predicted molar refractivity (Wildman–Crippen MR) is 103 cm³/mol. The summed E-state index contributed by atoms with van der Waals surface area (Å²) in [5.41, 5.74) is 1.25. The van der Waals surface area contributed by atoms with Crippen molar-refractivity contribution in [2.75, 3.05) is 32.7 Å². The van der Waals surface area contributed by atoms with Gasteiger partial charge in [-0.25, -0.2) is 0 Å². The van der Waals surface area contributed by atoms with Gasteiger partial charge in [-0.2, -0.15) is 0 Å². The van der Waals surface area contributed by atoms with E-state index in [9.17, 15) is 9.59 Å². The monoisotopic (exact) mass is 357 g/mol. The highest BCUT2D eigenvalue weighted by Crippen LogP contribution is 2.31. The van der Waals surface area contributed by atoms with E-state index < -0.39 is 0 Å². The average Bonchev–Trinajstić information content (AvgIpc) is 3.17. The molecule has 1 aromatic rings. The first kappa shape index (κ1) is 18.9. The second-order valence-corrected chi connectivity index (χ2v) is 7.56. The van der Waals surface area contributed by atoms with Gasteiger partial charge in [0.15, 0.2) is 0 Å². The number of benzene rings is 1. The zero-order valence-electron chi connectivity index (χ0n) is 15.8. The smallest absolute Gasteiger partial charge is 0.237 e. The molecule has 1 saturated heterocycles. The van der Waals surface area contributed by atoms with E-state index in [0.29, 0.717) is 12.5 Å². The van der Waals surface area contributed by atoms with Crippen molar-refractivity contribution in [3.05, 3.63) is 35.9 Å². The van der Waals surface area contributed by atoms with Gasteiger partial charge in [-0.15, -0.1) is 0 Å². The van der Waals surface area contributed by atoms with Crippen molar-refractivity contribution in [1.29, 1.82) is 0 Å². The Morgan fingerprint density at radius 3 is 2.35 bits per heavy atom. The van der Waals surface area contributed by atoms with Crippen LogP contribution >= 0.6 is 0 Å². The molecule has 1 aromatic carbocycles. The summed E-state index contributed by atoms with van der Waals surface area (Å²) >= 11 is 0. The average molecular weight is 357 g/mol. The molecule has 5 nitrogen and oxygen atoms in total. The minimum absolute atomic E-state index is 0.0395. The fourth-order valence-corrected chi connectivity index (χ4v) is 4.35. The minimum Gasteiger partial charge on any atom is -0.354 e. The maximum absolute atomic E-state index is 13.0. The van der Waals surface area contributed by atoms with E-state index in [2.05, 4.69) is 22.3 Å². The van der Waals surface area contributed by atoms with Crippen molar-refractivity contribution in [1.82, 2.24) is 15.1 Å². The maximum Gasteiger partial charge on any atom is 0.237 e. The van der Waals surface area contributed by atoms with Gasteiger partial charge in [0.05, 0.1) is 6.04 Å². The summed E-state index contributed by atoms with van der Waals surface area (Å²) in [6.07, 6.45) is 5.60. The second kappa shape index (κ2) is 9.17. The van der Waals surface area contributed by atoms with E-state index in [-0.39, 0.29) is 17.9 Å². The van der Waals surface area contributed by atoms with Crippen LogP contribution < -0.4 is 5.32 Å². The zero-order chi connectivity index (χ0) is 18.4. The van der Waals surface area contributed by atoms with Gasteiger partial charge in [0.25, 0.3) is 0 Å². The van der Waals surface area contributed by atoms with Crippen molar-refractivity contribution in [3.8, 4) is 0 Å². The molecule has 1 atom stereocenters. The third-order valence-corrected chi connectivity index (χ3v) is 5.82. The fourth-order valence-electron chi connectivity index (χ4n) is 4.35. The van der Waals surface area contributed by atoms with Crippen LogP contribution in [0.2, 0.25) is 0 Å².